The molecule has 4 rings (SSSR count). The first-order valence-corrected chi connectivity index (χ1v) is 8.25. The Balaban J connectivity index is 1.57. The summed E-state index contributed by atoms with van der Waals surface area (Å²) in [5, 5.41) is 3.46. The van der Waals surface area contributed by atoms with E-state index in [1.54, 1.807) is 0 Å². The van der Waals surface area contributed by atoms with Gasteiger partial charge in [0.1, 0.15) is 5.82 Å². The normalized spacial score (nSPS) is 18.0. The number of imidazole rings is 1. The first-order chi connectivity index (χ1) is 11.7. The molecule has 0 spiro atoms. The van der Waals surface area contributed by atoms with Gasteiger partial charge in [0.15, 0.2) is 0 Å². The molecule has 0 radical (unpaired) electrons. The number of piperazine rings is 1. The molecule has 1 aromatic heterocycles. The van der Waals surface area contributed by atoms with Crippen LogP contribution < -0.4 is 5.32 Å². The fourth-order valence-corrected chi connectivity index (χ4v) is 3.24. The molecule has 1 saturated heterocycles. The standard InChI is InChI=1S/C19H20N4O/c1-13-6-2-3-7-14(13)19(24)23-11-10-20-17(12-23)18-21-15-8-4-5-9-16(15)22-18/h2-9,17,20H,10-12H2,1H3,(H,21,22). The number of carbonyl (C=O) groups is 1. The summed E-state index contributed by atoms with van der Waals surface area (Å²) < 4.78 is 0. The number of amides is 1. The lowest BCUT2D eigenvalue weighted by Crippen LogP contribution is -2.48. The van der Waals surface area contributed by atoms with Gasteiger partial charge in [-0.05, 0) is 30.7 Å². The first kappa shape index (κ1) is 14.9. The Kier molecular flexibility index (Phi) is 3.78. The molecule has 5 nitrogen and oxygen atoms in total. The number of aromatic nitrogens is 2. The zero-order chi connectivity index (χ0) is 16.5. The lowest BCUT2D eigenvalue weighted by atomic mass is 10.1. The zero-order valence-corrected chi connectivity index (χ0v) is 13.6. The Morgan fingerprint density at radius 2 is 1.96 bits per heavy atom. The van der Waals surface area contributed by atoms with Gasteiger partial charge in [-0.1, -0.05) is 30.3 Å². The van der Waals surface area contributed by atoms with E-state index < -0.39 is 0 Å². The number of H-pyrrole nitrogens is 1. The summed E-state index contributed by atoms with van der Waals surface area (Å²) in [6.07, 6.45) is 0. The van der Waals surface area contributed by atoms with E-state index in [0.29, 0.717) is 13.1 Å². The molecule has 0 bridgehead atoms. The highest BCUT2D eigenvalue weighted by Gasteiger charge is 2.27. The molecule has 2 aromatic carbocycles. The molecule has 0 saturated carbocycles. The van der Waals surface area contributed by atoms with Crippen LogP contribution in [0.5, 0.6) is 0 Å². The number of aryl methyl sites for hydroxylation is 1. The minimum atomic E-state index is 0.0270. The maximum atomic E-state index is 12.8. The summed E-state index contributed by atoms with van der Waals surface area (Å²) in [5.41, 5.74) is 3.78. The van der Waals surface area contributed by atoms with E-state index in [9.17, 15) is 4.79 Å². The van der Waals surface area contributed by atoms with Crippen LogP contribution in [0.2, 0.25) is 0 Å². The van der Waals surface area contributed by atoms with Crippen molar-refractivity contribution in [1.29, 1.82) is 0 Å². The molecule has 2 heterocycles. The van der Waals surface area contributed by atoms with E-state index in [1.807, 2.05) is 60.4 Å². The van der Waals surface area contributed by atoms with Crippen molar-refractivity contribution < 1.29 is 4.79 Å². The number of para-hydroxylation sites is 2. The largest absolute Gasteiger partial charge is 0.341 e. The fourth-order valence-electron chi connectivity index (χ4n) is 3.24. The molecule has 122 valence electrons. The summed E-state index contributed by atoms with van der Waals surface area (Å²) in [7, 11) is 0. The number of rotatable bonds is 2. The maximum Gasteiger partial charge on any atom is 0.254 e. The molecule has 5 heteroatoms. The Bertz CT molecular complexity index is 853. The van der Waals surface area contributed by atoms with Gasteiger partial charge in [0.25, 0.3) is 5.91 Å². The van der Waals surface area contributed by atoms with Gasteiger partial charge < -0.3 is 15.2 Å². The predicted octanol–water partition coefficient (Wildman–Crippen LogP) is 2.66. The van der Waals surface area contributed by atoms with E-state index in [4.69, 9.17) is 0 Å². The van der Waals surface area contributed by atoms with Crippen LogP contribution >= 0.6 is 0 Å². The second-order valence-corrected chi connectivity index (χ2v) is 6.21. The molecule has 1 fully saturated rings. The monoisotopic (exact) mass is 320 g/mol. The van der Waals surface area contributed by atoms with Crippen LogP contribution in [-0.2, 0) is 0 Å². The second-order valence-electron chi connectivity index (χ2n) is 6.21. The van der Waals surface area contributed by atoms with Crippen molar-refractivity contribution in [2.45, 2.75) is 13.0 Å². The van der Waals surface area contributed by atoms with Crippen molar-refractivity contribution >= 4 is 16.9 Å². The number of carbonyl (C=O) groups excluding carboxylic acids is 1. The van der Waals surface area contributed by atoms with Gasteiger partial charge >= 0.3 is 0 Å². The third-order valence-corrected chi connectivity index (χ3v) is 4.58. The van der Waals surface area contributed by atoms with Crippen molar-refractivity contribution in [3.8, 4) is 0 Å². The third-order valence-electron chi connectivity index (χ3n) is 4.58. The predicted molar refractivity (Wildman–Crippen MR) is 93.9 cm³/mol. The van der Waals surface area contributed by atoms with Crippen LogP contribution in [-0.4, -0.2) is 40.4 Å². The van der Waals surface area contributed by atoms with E-state index in [0.717, 1.165) is 34.5 Å². The number of nitrogens with zero attached hydrogens (tertiary/aromatic N) is 2. The maximum absolute atomic E-state index is 12.8. The Hall–Kier alpha value is -2.66. The highest BCUT2D eigenvalue weighted by atomic mass is 16.2. The highest BCUT2D eigenvalue weighted by molar-refractivity contribution is 5.95. The molecular weight excluding hydrogens is 300 g/mol. The fraction of sp³-hybridized carbons (Fsp3) is 0.263. The number of fused-ring (bicyclic) bond motifs is 1. The van der Waals surface area contributed by atoms with Gasteiger partial charge in [-0.3, -0.25) is 4.79 Å². The quantitative estimate of drug-likeness (QED) is 0.763. The van der Waals surface area contributed by atoms with Crippen molar-refractivity contribution in [1.82, 2.24) is 20.2 Å². The van der Waals surface area contributed by atoms with E-state index >= 15 is 0 Å². The first-order valence-electron chi connectivity index (χ1n) is 8.25. The second kappa shape index (κ2) is 6.09. The van der Waals surface area contributed by atoms with Crippen LogP contribution in [0.25, 0.3) is 11.0 Å². The van der Waals surface area contributed by atoms with Gasteiger partial charge in [0.2, 0.25) is 0 Å². The van der Waals surface area contributed by atoms with Crippen LogP contribution in [0.4, 0.5) is 0 Å². The molecule has 1 unspecified atom stereocenters. The molecular formula is C19H20N4O. The molecule has 1 aliphatic heterocycles. The number of benzene rings is 2. The smallest absolute Gasteiger partial charge is 0.254 e. The minimum Gasteiger partial charge on any atom is -0.341 e. The zero-order valence-electron chi connectivity index (χ0n) is 13.6. The number of aromatic amines is 1. The van der Waals surface area contributed by atoms with Crippen molar-refractivity contribution in [3.63, 3.8) is 0 Å². The SMILES string of the molecule is Cc1ccccc1C(=O)N1CCNC(c2nc3ccccc3[nH]2)C1. The molecule has 1 atom stereocenters. The van der Waals surface area contributed by atoms with Gasteiger partial charge in [-0.25, -0.2) is 4.98 Å². The average Bonchev–Trinajstić information content (AvgIpc) is 3.06. The van der Waals surface area contributed by atoms with Gasteiger partial charge in [-0.2, -0.15) is 0 Å². The third kappa shape index (κ3) is 2.67. The van der Waals surface area contributed by atoms with E-state index in [-0.39, 0.29) is 11.9 Å². The molecule has 0 aliphatic carbocycles. The van der Waals surface area contributed by atoms with Crippen LogP contribution in [0.15, 0.2) is 48.5 Å². The van der Waals surface area contributed by atoms with Crippen molar-refractivity contribution in [3.05, 3.63) is 65.5 Å². The van der Waals surface area contributed by atoms with Gasteiger partial charge in [0, 0.05) is 25.2 Å². The lowest BCUT2D eigenvalue weighted by Gasteiger charge is -2.33. The van der Waals surface area contributed by atoms with Gasteiger partial charge in [0.05, 0.1) is 17.1 Å². The molecule has 24 heavy (non-hydrogen) atoms. The minimum absolute atomic E-state index is 0.0270. The molecule has 3 aromatic rings. The summed E-state index contributed by atoms with van der Waals surface area (Å²) in [6, 6.07) is 15.8. The van der Waals surface area contributed by atoms with Crippen LogP contribution in [0, 0.1) is 6.92 Å². The van der Waals surface area contributed by atoms with Crippen LogP contribution in [0.1, 0.15) is 27.8 Å². The topological polar surface area (TPSA) is 61.0 Å². The lowest BCUT2D eigenvalue weighted by molar-refractivity contribution is 0.0699. The van der Waals surface area contributed by atoms with E-state index in [1.165, 1.54) is 0 Å². The number of hydrogen-bond donors (Lipinski definition) is 2. The Morgan fingerprint density at radius 3 is 2.79 bits per heavy atom. The summed E-state index contributed by atoms with van der Waals surface area (Å²) >= 11 is 0. The Morgan fingerprint density at radius 1 is 1.17 bits per heavy atom. The van der Waals surface area contributed by atoms with Crippen molar-refractivity contribution in [2.75, 3.05) is 19.6 Å². The highest BCUT2D eigenvalue weighted by Crippen LogP contribution is 2.20. The molecule has 1 amide bonds. The summed E-state index contributed by atoms with van der Waals surface area (Å²) in [6.45, 7) is 4.07. The van der Waals surface area contributed by atoms with Crippen LogP contribution in [0.3, 0.4) is 0 Å². The Labute approximate surface area is 140 Å². The summed E-state index contributed by atoms with van der Waals surface area (Å²) in [5.74, 6) is 0.981. The summed E-state index contributed by atoms with van der Waals surface area (Å²) in [4.78, 5) is 22.8. The van der Waals surface area contributed by atoms with E-state index in [2.05, 4.69) is 15.3 Å². The van der Waals surface area contributed by atoms with Crippen molar-refractivity contribution in [2.24, 2.45) is 0 Å². The molecule has 1 aliphatic rings. The molecule has 2 N–H and O–H groups in total. The number of nitrogens with one attached hydrogen (secondary N) is 2. The average molecular weight is 320 g/mol. The number of hydrogen-bond acceptors (Lipinski definition) is 3. The van der Waals surface area contributed by atoms with Gasteiger partial charge in [-0.15, -0.1) is 0 Å².